The molecule has 9 heteroatoms. The Labute approximate surface area is 198 Å². The fraction of sp³-hybridized carbons (Fsp3) is 0.680. The third-order valence-corrected chi connectivity index (χ3v) is 8.60. The molecule has 0 saturated heterocycles. The fourth-order valence-electron chi connectivity index (χ4n) is 6.72. The van der Waals surface area contributed by atoms with Crippen LogP contribution in [0.5, 0.6) is 11.5 Å². The van der Waals surface area contributed by atoms with Crippen molar-refractivity contribution in [3.63, 3.8) is 0 Å². The summed E-state index contributed by atoms with van der Waals surface area (Å²) >= 11 is 0. The van der Waals surface area contributed by atoms with Gasteiger partial charge in [-0.3, -0.25) is 0 Å². The van der Waals surface area contributed by atoms with Gasteiger partial charge in [0.05, 0.1) is 7.11 Å². The summed E-state index contributed by atoms with van der Waals surface area (Å²) in [4.78, 5) is 23.2. The van der Waals surface area contributed by atoms with Crippen molar-refractivity contribution < 1.29 is 44.6 Å². The van der Waals surface area contributed by atoms with Gasteiger partial charge in [0.25, 0.3) is 0 Å². The van der Waals surface area contributed by atoms with Gasteiger partial charge in [0, 0.05) is 5.41 Å². The van der Waals surface area contributed by atoms with Crippen LogP contribution in [0.3, 0.4) is 0 Å². The molecule has 9 nitrogen and oxygen atoms in total. The summed E-state index contributed by atoms with van der Waals surface area (Å²) in [6.07, 6.45) is -3.45. The molecular formula is C25H34O9. The van der Waals surface area contributed by atoms with E-state index in [0.29, 0.717) is 29.9 Å². The van der Waals surface area contributed by atoms with Crippen LogP contribution in [0.2, 0.25) is 0 Å². The first-order valence-corrected chi connectivity index (χ1v) is 11.9. The Bertz CT molecular complexity index is 933. The molecule has 2 saturated carbocycles. The summed E-state index contributed by atoms with van der Waals surface area (Å²) in [5, 5.41) is 49.4. The summed E-state index contributed by atoms with van der Waals surface area (Å²) in [6.45, 7) is 2.11. The number of esters is 1. The smallest absolute Gasteiger partial charge is 0.338 e. The van der Waals surface area contributed by atoms with E-state index in [9.17, 15) is 35.1 Å². The van der Waals surface area contributed by atoms with Gasteiger partial charge in [-0.05, 0) is 79.5 Å². The van der Waals surface area contributed by atoms with Gasteiger partial charge in [0.1, 0.15) is 24.4 Å². The number of aryl methyl sites for hydroxylation is 1. The highest BCUT2D eigenvalue weighted by atomic mass is 16.6. The van der Waals surface area contributed by atoms with E-state index in [1.807, 2.05) is 6.07 Å². The molecule has 1 aromatic carbocycles. The molecule has 0 bridgehead atoms. The highest BCUT2D eigenvalue weighted by Gasteiger charge is 2.56. The van der Waals surface area contributed by atoms with E-state index in [2.05, 4.69) is 6.92 Å². The number of carbonyl (C=O) groups excluding carboxylic acids is 2. The number of hydrogen-bond acceptors (Lipinski definition) is 9. The first kappa shape index (κ1) is 24.9. The Morgan fingerprint density at radius 3 is 2.53 bits per heavy atom. The molecule has 3 aliphatic rings. The van der Waals surface area contributed by atoms with E-state index < -0.39 is 36.5 Å². The first-order valence-electron chi connectivity index (χ1n) is 11.9. The Hall–Kier alpha value is -2.20. The molecule has 0 spiro atoms. The number of methoxy groups -OCH3 is 1. The van der Waals surface area contributed by atoms with Crippen LogP contribution in [0.25, 0.3) is 0 Å². The lowest BCUT2D eigenvalue weighted by atomic mass is 9.55. The third kappa shape index (κ3) is 4.08. The number of fused-ring (bicyclic) bond motifs is 5. The zero-order chi connectivity index (χ0) is 24.8. The van der Waals surface area contributed by atoms with E-state index in [1.165, 1.54) is 5.56 Å². The second-order valence-corrected chi connectivity index (χ2v) is 10.2. The molecule has 0 aliphatic heterocycles. The van der Waals surface area contributed by atoms with Crippen LogP contribution in [-0.4, -0.2) is 75.4 Å². The number of phenolic OH excluding ortho intramolecular Hbond substituents is 1. The van der Waals surface area contributed by atoms with Crippen LogP contribution in [0.1, 0.15) is 56.1 Å². The van der Waals surface area contributed by atoms with Gasteiger partial charge < -0.3 is 39.8 Å². The van der Waals surface area contributed by atoms with Crippen LogP contribution in [0, 0.1) is 17.3 Å². The van der Waals surface area contributed by atoms with Crippen LogP contribution in [-0.2, 0) is 20.7 Å². The number of aliphatic hydroxyl groups excluding tert-OH is 4. The van der Waals surface area contributed by atoms with Crippen LogP contribution in [0.15, 0.2) is 12.1 Å². The summed E-state index contributed by atoms with van der Waals surface area (Å²) in [6, 6.07) is 3.76. The molecule has 0 unspecified atom stereocenters. The summed E-state index contributed by atoms with van der Waals surface area (Å²) < 4.78 is 11.0. The summed E-state index contributed by atoms with van der Waals surface area (Å²) in [5.41, 5.74) is 2.08. The van der Waals surface area contributed by atoms with Crippen molar-refractivity contribution in [2.24, 2.45) is 17.3 Å². The number of rotatable bonds is 7. The van der Waals surface area contributed by atoms with Crippen molar-refractivity contribution in [3.05, 3.63) is 23.3 Å². The standard InChI is InChI=1S/C25H34O9/c1-25-8-7-13-14(4-3-12-9-17(27)19(33-2)10-15(12)13)16(25)5-6-20(25)34-24(32)23(31)22(30)21(29)18(28)11-26/h9-11,13-14,16,18,20-23,27-31H,3-8H2,1-2H3/t13-,14+,16-,18-,20-,21+,22-,23-,25-/m0/s1. The molecule has 0 amide bonds. The first-order chi connectivity index (χ1) is 16.1. The molecule has 2 fully saturated rings. The second-order valence-electron chi connectivity index (χ2n) is 10.2. The highest BCUT2D eigenvalue weighted by molar-refractivity contribution is 5.75. The Morgan fingerprint density at radius 2 is 1.85 bits per heavy atom. The predicted octanol–water partition coefficient (Wildman–Crippen LogP) is 0.811. The zero-order valence-electron chi connectivity index (χ0n) is 19.5. The van der Waals surface area contributed by atoms with Crippen molar-refractivity contribution in [1.29, 1.82) is 0 Å². The molecule has 0 heterocycles. The molecule has 34 heavy (non-hydrogen) atoms. The molecule has 0 radical (unpaired) electrons. The maximum Gasteiger partial charge on any atom is 0.338 e. The minimum Gasteiger partial charge on any atom is -0.504 e. The third-order valence-electron chi connectivity index (χ3n) is 8.60. The topological polar surface area (TPSA) is 154 Å². The van der Waals surface area contributed by atoms with Crippen molar-refractivity contribution >= 4 is 12.3 Å². The van der Waals surface area contributed by atoms with Crippen molar-refractivity contribution in [3.8, 4) is 11.5 Å². The normalized spacial score (nSPS) is 33.5. The van der Waals surface area contributed by atoms with E-state index in [-0.39, 0.29) is 17.5 Å². The molecule has 9 atom stereocenters. The molecular weight excluding hydrogens is 444 g/mol. The van der Waals surface area contributed by atoms with Gasteiger partial charge in [0.15, 0.2) is 23.9 Å². The molecule has 0 aromatic heterocycles. The average molecular weight is 479 g/mol. The summed E-state index contributed by atoms with van der Waals surface area (Å²) in [5.74, 6) is 0.580. The number of carbonyl (C=O) groups is 2. The van der Waals surface area contributed by atoms with Crippen molar-refractivity contribution in [1.82, 2.24) is 0 Å². The number of aldehydes is 1. The van der Waals surface area contributed by atoms with E-state index in [4.69, 9.17) is 9.47 Å². The maximum absolute atomic E-state index is 12.6. The van der Waals surface area contributed by atoms with Gasteiger partial charge >= 0.3 is 5.97 Å². The van der Waals surface area contributed by atoms with Gasteiger partial charge in [-0.25, -0.2) is 4.79 Å². The zero-order valence-corrected chi connectivity index (χ0v) is 19.5. The number of aromatic hydroxyl groups is 1. The Kier molecular flexibility index (Phi) is 6.92. The van der Waals surface area contributed by atoms with Gasteiger partial charge in [0.2, 0.25) is 0 Å². The van der Waals surface area contributed by atoms with Crippen LogP contribution >= 0.6 is 0 Å². The van der Waals surface area contributed by atoms with Gasteiger partial charge in [-0.1, -0.05) is 6.92 Å². The highest BCUT2D eigenvalue weighted by Crippen LogP contribution is 2.62. The minimum absolute atomic E-state index is 0.0201. The predicted molar refractivity (Wildman–Crippen MR) is 119 cm³/mol. The van der Waals surface area contributed by atoms with Crippen LogP contribution in [0.4, 0.5) is 0 Å². The molecule has 1 aromatic rings. The number of ether oxygens (including phenoxy) is 2. The van der Waals surface area contributed by atoms with Crippen LogP contribution < -0.4 is 4.74 Å². The Morgan fingerprint density at radius 1 is 1.12 bits per heavy atom. The van der Waals surface area contributed by atoms with Gasteiger partial charge in [-0.2, -0.15) is 0 Å². The van der Waals surface area contributed by atoms with Gasteiger partial charge in [-0.15, -0.1) is 0 Å². The van der Waals surface area contributed by atoms with E-state index in [0.717, 1.165) is 37.7 Å². The summed E-state index contributed by atoms with van der Waals surface area (Å²) in [7, 11) is 1.54. The quantitative estimate of drug-likeness (QED) is 0.283. The number of benzene rings is 1. The fourth-order valence-corrected chi connectivity index (χ4v) is 6.72. The van der Waals surface area contributed by atoms with E-state index >= 15 is 0 Å². The van der Waals surface area contributed by atoms with Crippen molar-refractivity contribution in [2.75, 3.05) is 7.11 Å². The minimum atomic E-state index is -2.08. The monoisotopic (exact) mass is 478 g/mol. The average Bonchev–Trinajstić information content (AvgIpc) is 3.17. The molecule has 4 rings (SSSR count). The molecule has 3 aliphatic carbocycles. The van der Waals surface area contributed by atoms with E-state index in [1.54, 1.807) is 13.2 Å². The SMILES string of the molecule is COc1cc2c(cc1O)CC[C@@H]1[C@@H]2CC[C@]2(C)[C@@H](OC(=O)[C@@H](O)[C@@H](O)[C@H](O)[C@@H](O)C=O)CC[C@@H]12. The second kappa shape index (κ2) is 9.45. The number of aliphatic hydroxyl groups is 4. The molecule has 188 valence electrons. The van der Waals surface area contributed by atoms with Crippen molar-refractivity contribution in [2.45, 2.75) is 81.9 Å². The lowest BCUT2D eigenvalue weighted by Crippen LogP contribution is -2.50. The lowest BCUT2D eigenvalue weighted by molar-refractivity contribution is -0.181. The number of phenols is 1. The maximum atomic E-state index is 12.6. The molecule has 5 N–H and O–H groups in total. The largest absolute Gasteiger partial charge is 0.504 e. The number of hydrogen-bond donors (Lipinski definition) is 5. The lowest BCUT2D eigenvalue weighted by Gasteiger charge is -2.50. The Balaban J connectivity index is 1.48.